The van der Waals surface area contributed by atoms with Gasteiger partial charge in [0.1, 0.15) is 5.78 Å². The van der Waals surface area contributed by atoms with Crippen LogP contribution in [-0.2, 0) is 4.79 Å². The first-order valence-electron chi connectivity index (χ1n) is 3.65. The molecule has 0 heterocycles. The Kier molecular flexibility index (Phi) is 4.71. The van der Waals surface area contributed by atoms with Crippen molar-refractivity contribution in [2.24, 2.45) is 11.8 Å². The van der Waals surface area contributed by atoms with Gasteiger partial charge in [0.05, 0.1) is 5.88 Å². The highest BCUT2D eigenvalue weighted by atomic mass is 35.5. The second-order valence-corrected chi connectivity index (χ2v) is 3.36. The van der Waals surface area contributed by atoms with Gasteiger partial charge in [0, 0.05) is 6.42 Å². The first kappa shape index (κ1) is 9.96. The fraction of sp³-hybridized carbons (Fsp3) is 0.875. The van der Waals surface area contributed by atoms with Gasteiger partial charge in [-0.1, -0.05) is 20.8 Å². The molecule has 60 valence electrons. The van der Waals surface area contributed by atoms with E-state index in [1.165, 1.54) is 0 Å². The topological polar surface area (TPSA) is 17.1 Å². The normalized spacial score (nSPS) is 13.7. The zero-order valence-electron chi connectivity index (χ0n) is 6.86. The summed E-state index contributed by atoms with van der Waals surface area (Å²) in [5.41, 5.74) is 0. The maximum atomic E-state index is 10.8. The van der Waals surface area contributed by atoms with Gasteiger partial charge in [0.15, 0.2) is 0 Å². The number of alkyl halides is 1. The Morgan fingerprint density at radius 2 is 1.90 bits per heavy atom. The summed E-state index contributed by atoms with van der Waals surface area (Å²) < 4.78 is 0. The van der Waals surface area contributed by atoms with Gasteiger partial charge in [-0.15, -0.1) is 11.6 Å². The standard InChI is InChI=1S/C8H15ClO/c1-6(2)7(3)4-8(10)5-9/h6-7H,4-5H2,1-3H3. The van der Waals surface area contributed by atoms with Crippen molar-refractivity contribution in [1.29, 1.82) is 0 Å². The minimum absolute atomic E-state index is 0.155. The number of Topliss-reactive ketones (excluding diaryl/α,β-unsaturated/α-hetero) is 1. The fourth-order valence-electron chi connectivity index (χ4n) is 0.649. The largest absolute Gasteiger partial charge is 0.298 e. The minimum atomic E-state index is 0.155. The van der Waals surface area contributed by atoms with Crippen LogP contribution in [0.4, 0.5) is 0 Å². The van der Waals surface area contributed by atoms with E-state index in [0.29, 0.717) is 18.3 Å². The van der Waals surface area contributed by atoms with Crippen LogP contribution in [0.1, 0.15) is 27.2 Å². The molecule has 0 aromatic rings. The van der Waals surface area contributed by atoms with Crippen molar-refractivity contribution < 1.29 is 4.79 Å². The lowest BCUT2D eigenvalue weighted by Crippen LogP contribution is -2.11. The number of rotatable bonds is 4. The Morgan fingerprint density at radius 3 is 2.20 bits per heavy atom. The second-order valence-electron chi connectivity index (χ2n) is 3.10. The average Bonchev–Trinajstić information content (AvgIpc) is 1.87. The zero-order valence-corrected chi connectivity index (χ0v) is 7.61. The molecule has 0 amide bonds. The van der Waals surface area contributed by atoms with Gasteiger partial charge in [-0.25, -0.2) is 0 Å². The summed E-state index contributed by atoms with van der Waals surface area (Å²) in [6.07, 6.45) is 0.626. The quantitative estimate of drug-likeness (QED) is 0.581. The number of ketones is 1. The number of hydrogen-bond donors (Lipinski definition) is 0. The molecule has 1 unspecified atom stereocenters. The summed E-state index contributed by atoms with van der Waals surface area (Å²) in [6.45, 7) is 6.31. The van der Waals surface area contributed by atoms with E-state index in [4.69, 9.17) is 11.6 Å². The van der Waals surface area contributed by atoms with Crippen LogP contribution < -0.4 is 0 Å². The number of hydrogen-bond acceptors (Lipinski definition) is 1. The molecule has 0 N–H and O–H groups in total. The van der Waals surface area contributed by atoms with Crippen molar-refractivity contribution in [3.8, 4) is 0 Å². The van der Waals surface area contributed by atoms with Crippen LogP contribution in [-0.4, -0.2) is 11.7 Å². The number of carbonyl (C=O) groups excluding carboxylic acids is 1. The van der Waals surface area contributed by atoms with E-state index in [1.807, 2.05) is 0 Å². The van der Waals surface area contributed by atoms with Gasteiger partial charge in [-0.3, -0.25) is 4.79 Å². The van der Waals surface area contributed by atoms with Crippen molar-refractivity contribution in [1.82, 2.24) is 0 Å². The predicted molar refractivity (Wildman–Crippen MR) is 44.3 cm³/mol. The lowest BCUT2D eigenvalue weighted by molar-refractivity contribution is -0.117. The molecule has 0 rings (SSSR count). The first-order chi connectivity index (χ1) is 4.57. The highest BCUT2D eigenvalue weighted by Crippen LogP contribution is 2.14. The summed E-state index contributed by atoms with van der Waals surface area (Å²) >= 11 is 5.35. The molecular formula is C8H15ClO. The molecule has 0 aromatic heterocycles. The molecule has 10 heavy (non-hydrogen) atoms. The molecule has 2 heteroatoms. The van der Waals surface area contributed by atoms with E-state index in [2.05, 4.69) is 20.8 Å². The highest BCUT2D eigenvalue weighted by molar-refractivity contribution is 6.27. The van der Waals surface area contributed by atoms with E-state index in [9.17, 15) is 4.79 Å². The Balaban J connectivity index is 3.57. The highest BCUT2D eigenvalue weighted by Gasteiger charge is 2.10. The van der Waals surface area contributed by atoms with Crippen molar-refractivity contribution in [2.45, 2.75) is 27.2 Å². The molecule has 0 radical (unpaired) electrons. The lowest BCUT2D eigenvalue weighted by atomic mass is 9.93. The van der Waals surface area contributed by atoms with Crippen LogP contribution in [0.25, 0.3) is 0 Å². The molecule has 0 saturated carbocycles. The maximum Gasteiger partial charge on any atom is 0.147 e. The average molecular weight is 163 g/mol. The van der Waals surface area contributed by atoms with Gasteiger partial charge < -0.3 is 0 Å². The monoisotopic (exact) mass is 162 g/mol. The van der Waals surface area contributed by atoms with Crippen LogP contribution >= 0.6 is 11.6 Å². The molecule has 0 aliphatic heterocycles. The van der Waals surface area contributed by atoms with E-state index >= 15 is 0 Å². The number of carbonyl (C=O) groups is 1. The summed E-state index contributed by atoms with van der Waals surface area (Å²) in [4.78, 5) is 10.8. The molecule has 0 aliphatic carbocycles. The van der Waals surface area contributed by atoms with Crippen molar-refractivity contribution >= 4 is 17.4 Å². The summed E-state index contributed by atoms with van der Waals surface area (Å²) in [6, 6.07) is 0. The van der Waals surface area contributed by atoms with Gasteiger partial charge in [-0.05, 0) is 11.8 Å². The Hall–Kier alpha value is -0.0400. The van der Waals surface area contributed by atoms with Crippen LogP contribution in [0, 0.1) is 11.8 Å². The molecular weight excluding hydrogens is 148 g/mol. The van der Waals surface area contributed by atoms with Gasteiger partial charge in [0.25, 0.3) is 0 Å². The Labute approximate surface area is 67.8 Å². The van der Waals surface area contributed by atoms with Gasteiger partial charge in [-0.2, -0.15) is 0 Å². The smallest absolute Gasteiger partial charge is 0.147 e. The van der Waals surface area contributed by atoms with Crippen molar-refractivity contribution in [3.05, 3.63) is 0 Å². The third-order valence-corrected chi connectivity index (χ3v) is 2.13. The van der Waals surface area contributed by atoms with E-state index < -0.39 is 0 Å². The van der Waals surface area contributed by atoms with Crippen molar-refractivity contribution in [2.75, 3.05) is 5.88 Å². The SMILES string of the molecule is CC(C)C(C)CC(=O)CCl. The zero-order chi connectivity index (χ0) is 8.15. The Morgan fingerprint density at radius 1 is 1.40 bits per heavy atom. The minimum Gasteiger partial charge on any atom is -0.298 e. The van der Waals surface area contributed by atoms with Crippen LogP contribution in [0.5, 0.6) is 0 Å². The first-order valence-corrected chi connectivity index (χ1v) is 4.19. The maximum absolute atomic E-state index is 10.8. The molecule has 0 saturated heterocycles. The Bertz CT molecular complexity index is 110. The second kappa shape index (κ2) is 4.73. The van der Waals surface area contributed by atoms with Crippen molar-refractivity contribution in [3.63, 3.8) is 0 Å². The molecule has 1 atom stereocenters. The fourth-order valence-corrected chi connectivity index (χ4v) is 0.758. The van der Waals surface area contributed by atoms with Gasteiger partial charge >= 0.3 is 0 Å². The van der Waals surface area contributed by atoms with Crippen LogP contribution in [0.2, 0.25) is 0 Å². The number of halogens is 1. The summed E-state index contributed by atoms with van der Waals surface area (Å²) in [5.74, 6) is 1.36. The molecule has 0 fully saturated rings. The van der Waals surface area contributed by atoms with E-state index in [1.54, 1.807) is 0 Å². The third-order valence-electron chi connectivity index (χ3n) is 1.84. The van der Waals surface area contributed by atoms with Gasteiger partial charge in [0.2, 0.25) is 0 Å². The van der Waals surface area contributed by atoms with E-state index in [-0.39, 0.29) is 11.7 Å². The summed E-state index contributed by atoms with van der Waals surface area (Å²) in [5, 5.41) is 0. The molecule has 0 aromatic carbocycles. The molecule has 0 bridgehead atoms. The van der Waals surface area contributed by atoms with Crippen LogP contribution in [0.15, 0.2) is 0 Å². The third kappa shape index (κ3) is 3.89. The lowest BCUT2D eigenvalue weighted by Gasteiger charge is -2.12. The van der Waals surface area contributed by atoms with E-state index in [0.717, 1.165) is 0 Å². The molecule has 1 nitrogen and oxygen atoms in total. The predicted octanol–water partition coefficient (Wildman–Crippen LogP) is 2.48. The molecule has 0 spiro atoms. The molecule has 0 aliphatic rings. The van der Waals surface area contributed by atoms with Crippen LogP contribution in [0.3, 0.4) is 0 Å². The summed E-state index contributed by atoms with van der Waals surface area (Å²) in [7, 11) is 0.